The van der Waals surface area contributed by atoms with Crippen LogP contribution in [0.15, 0.2) is 18.2 Å². The molecule has 1 saturated heterocycles. The molecule has 1 aromatic rings. The molecule has 2 nitrogen and oxygen atoms in total. The number of rotatable bonds is 2. The van der Waals surface area contributed by atoms with Crippen LogP contribution in [-0.2, 0) is 0 Å². The van der Waals surface area contributed by atoms with Crippen molar-refractivity contribution in [2.45, 2.75) is 26.7 Å². The van der Waals surface area contributed by atoms with Gasteiger partial charge in [-0.25, -0.2) is 8.78 Å². The fourth-order valence-electron chi connectivity index (χ4n) is 1.99. The smallest absolute Gasteiger partial charge is 0.168 e. The lowest BCUT2D eigenvalue weighted by molar-refractivity contribution is 0.0891. The number of Topliss-reactive ketones (excluding diaryl/α,β-unsaturated/α-hetero) is 1. The Balaban J connectivity index is 0.000000771. The van der Waals surface area contributed by atoms with Crippen LogP contribution in [0.25, 0.3) is 0 Å². The predicted molar refractivity (Wildman–Crippen MR) is 67.6 cm³/mol. The molecule has 1 aliphatic heterocycles. The molecule has 1 fully saturated rings. The quantitative estimate of drug-likeness (QED) is 0.822. The van der Waals surface area contributed by atoms with Crippen LogP contribution in [0.5, 0.6) is 0 Å². The van der Waals surface area contributed by atoms with Crippen molar-refractivity contribution in [3.63, 3.8) is 0 Å². The lowest BCUT2D eigenvalue weighted by Crippen LogP contribution is -2.32. The van der Waals surface area contributed by atoms with E-state index in [0.717, 1.165) is 38.1 Å². The highest BCUT2D eigenvalue weighted by Gasteiger charge is 2.24. The monoisotopic (exact) mass is 255 g/mol. The molecule has 0 amide bonds. The van der Waals surface area contributed by atoms with E-state index in [9.17, 15) is 13.6 Å². The molecule has 0 unspecified atom stereocenters. The molecule has 1 heterocycles. The summed E-state index contributed by atoms with van der Waals surface area (Å²) in [5, 5.41) is 3.14. The Bertz CT molecular complexity index is 401. The Hall–Kier alpha value is -1.29. The van der Waals surface area contributed by atoms with E-state index in [0.29, 0.717) is 0 Å². The Labute approximate surface area is 106 Å². The minimum absolute atomic E-state index is 0.00769. The van der Waals surface area contributed by atoms with Crippen molar-refractivity contribution >= 4 is 5.78 Å². The van der Waals surface area contributed by atoms with Crippen LogP contribution in [0, 0.1) is 17.6 Å². The summed E-state index contributed by atoms with van der Waals surface area (Å²) in [7, 11) is 0. The first-order valence-corrected chi connectivity index (χ1v) is 6.38. The summed E-state index contributed by atoms with van der Waals surface area (Å²) in [5.41, 5.74) is 0.00769. The fourth-order valence-corrected chi connectivity index (χ4v) is 1.99. The van der Waals surface area contributed by atoms with Gasteiger partial charge in [0.2, 0.25) is 0 Å². The van der Waals surface area contributed by atoms with Gasteiger partial charge in [-0.2, -0.15) is 0 Å². The Morgan fingerprint density at radius 3 is 2.39 bits per heavy atom. The Kier molecular flexibility index (Phi) is 5.92. The largest absolute Gasteiger partial charge is 0.317 e. The van der Waals surface area contributed by atoms with Crippen molar-refractivity contribution in [2.24, 2.45) is 5.92 Å². The molecule has 0 aromatic heterocycles. The molecular weight excluding hydrogens is 236 g/mol. The van der Waals surface area contributed by atoms with Crippen LogP contribution in [0.4, 0.5) is 8.78 Å². The second-order valence-electron chi connectivity index (χ2n) is 4.01. The van der Waals surface area contributed by atoms with E-state index in [1.165, 1.54) is 6.07 Å². The van der Waals surface area contributed by atoms with Gasteiger partial charge >= 0.3 is 0 Å². The standard InChI is InChI=1S/C12H13F2NO.C2H6/c13-9-1-2-10(11(14)7-9)12(16)8-3-5-15-6-4-8;1-2/h1-2,7-8,15H,3-6H2;1-2H3. The molecule has 0 bridgehead atoms. The molecule has 0 radical (unpaired) electrons. The third-order valence-electron chi connectivity index (χ3n) is 2.91. The third kappa shape index (κ3) is 3.60. The molecule has 1 aliphatic rings. The van der Waals surface area contributed by atoms with E-state index in [4.69, 9.17) is 0 Å². The number of ketones is 1. The lowest BCUT2D eigenvalue weighted by Gasteiger charge is -2.21. The molecule has 18 heavy (non-hydrogen) atoms. The number of nitrogens with one attached hydrogen (secondary N) is 1. The van der Waals surface area contributed by atoms with Crippen molar-refractivity contribution in [2.75, 3.05) is 13.1 Å². The van der Waals surface area contributed by atoms with E-state index in [1.807, 2.05) is 13.8 Å². The highest BCUT2D eigenvalue weighted by atomic mass is 19.1. The zero-order valence-corrected chi connectivity index (χ0v) is 10.8. The maximum atomic E-state index is 13.4. The Morgan fingerprint density at radius 1 is 1.22 bits per heavy atom. The number of carbonyl (C=O) groups is 1. The highest BCUT2D eigenvalue weighted by Crippen LogP contribution is 2.20. The van der Waals surface area contributed by atoms with Crippen molar-refractivity contribution < 1.29 is 13.6 Å². The summed E-state index contributed by atoms with van der Waals surface area (Å²) in [4.78, 5) is 11.9. The summed E-state index contributed by atoms with van der Waals surface area (Å²) in [6.07, 6.45) is 1.44. The third-order valence-corrected chi connectivity index (χ3v) is 2.91. The van der Waals surface area contributed by atoms with Crippen LogP contribution >= 0.6 is 0 Å². The first-order chi connectivity index (χ1) is 8.68. The van der Waals surface area contributed by atoms with E-state index < -0.39 is 11.6 Å². The molecule has 1 aromatic carbocycles. The van der Waals surface area contributed by atoms with E-state index in [2.05, 4.69) is 5.32 Å². The van der Waals surface area contributed by atoms with Gasteiger partial charge in [0.1, 0.15) is 11.6 Å². The van der Waals surface area contributed by atoms with Crippen LogP contribution in [0.3, 0.4) is 0 Å². The second-order valence-corrected chi connectivity index (χ2v) is 4.01. The SMILES string of the molecule is CC.O=C(c1ccc(F)cc1F)C1CCNCC1. The van der Waals surface area contributed by atoms with Gasteiger partial charge in [-0.3, -0.25) is 4.79 Å². The van der Waals surface area contributed by atoms with Gasteiger partial charge in [-0.1, -0.05) is 13.8 Å². The highest BCUT2D eigenvalue weighted by molar-refractivity contribution is 5.98. The molecule has 100 valence electrons. The topological polar surface area (TPSA) is 29.1 Å². The number of piperidine rings is 1. The van der Waals surface area contributed by atoms with Crippen LogP contribution in [0.2, 0.25) is 0 Å². The van der Waals surface area contributed by atoms with Crippen molar-refractivity contribution in [1.29, 1.82) is 0 Å². The van der Waals surface area contributed by atoms with Crippen LogP contribution in [-0.4, -0.2) is 18.9 Å². The predicted octanol–water partition coefficient (Wildman–Crippen LogP) is 3.17. The van der Waals surface area contributed by atoms with Crippen molar-refractivity contribution in [3.8, 4) is 0 Å². The average Bonchev–Trinajstić information content (AvgIpc) is 2.41. The van der Waals surface area contributed by atoms with Crippen molar-refractivity contribution in [1.82, 2.24) is 5.32 Å². The first-order valence-electron chi connectivity index (χ1n) is 6.38. The van der Waals surface area contributed by atoms with E-state index in [1.54, 1.807) is 0 Å². The molecular formula is C14H19F2NO. The van der Waals surface area contributed by atoms with Crippen molar-refractivity contribution in [3.05, 3.63) is 35.4 Å². The summed E-state index contributed by atoms with van der Waals surface area (Å²) in [5.74, 6) is -1.76. The van der Waals surface area contributed by atoms with Gasteiger partial charge in [0.15, 0.2) is 5.78 Å². The Morgan fingerprint density at radius 2 is 1.83 bits per heavy atom. The molecule has 4 heteroatoms. The molecule has 0 aliphatic carbocycles. The normalized spacial score (nSPS) is 15.8. The van der Waals surface area contributed by atoms with Crippen LogP contribution < -0.4 is 5.32 Å². The second kappa shape index (κ2) is 7.21. The van der Waals surface area contributed by atoms with Crippen LogP contribution in [0.1, 0.15) is 37.0 Å². The molecule has 0 saturated carbocycles. The summed E-state index contributed by atoms with van der Waals surface area (Å²) in [6, 6.07) is 3.11. The fraction of sp³-hybridized carbons (Fsp3) is 0.500. The molecule has 1 N–H and O–H groups in total. The first kappa shape index (κ1) is 14.8. The maximum Gasteiger partial charge on any atom is 0.168 e. The zero-order valence-electron chi connectivity index (χ0n) is 10.8. The summed E-state index contributed by atoms with van der Waals surface area (Å²) in [6.45, 7) is 5.55. The van der Waals surface area contributed by atoms with Gasteiger partial charge in [-0.05, 0) is 38.1 Å². The number of benzene rings is 1. The average molecular weight is 255 g/mol. The summed E-state index contributed by atoms with van der Waals surface area (Å²) >= 11 is 0. The van der Waals surface area contributed by atoms with Gasteiger partial charge in [0, 0.05) is 12.0 Å². The molecule has 0 spiro atoms. The number of halogens is 2. The molecule has 2 rings (SSSR count). The zero-order chi connectivity index (χ0) is 13.5. The van der Waals surface area contributed by atoms with E-state index >= 15 is 0 Å². The van der Waals surface area contributed by atoms with Gasteiger partial charge in [0.05, 0.1) is 5.56 Å². The summed E-state index contributed by atoms with van der Waals surface area (Å²) < 4.78 is 26.1. The van der Waals surface area contributed by atoms with E-state index in [-0.39, 0.29) is 17.3 Å². The van der Waals surface area contributed by atoms with Gasteiger partial charge in [0.25, 0.3) is 0 Å². The van der Waals surface area contributed by atoms with Gasteiger partial charge in [-0.15, -0.1) is 0 Å². The number of carbonyl (C=O) groups excluding carboxylic acids is 1. The molecule has 0 atom stereocenters. The maximum absolute atomic E-state index is 13.4. The lowest BCUT2D eigenvalue weighted by atomic mass is 9.89. The van der Waals surface area contributed by atoms with Gasteiger partial charge < -0.3 is 5.32 Å². The number of hydrogen-bond donors (Lipinski definition) is 1. The minimum atomic E-state index is -0.761. The minimum Gasteiger partial charge on any atom is -0.317 e. The number of hydrogen-bond acceptors (Lipinski definition) is 2.